The summed E-state index contributed by atoms with van der Waals surface area (Å²) < 4.78 is 8.11. The van der Waals surface area contributed by atoms with Crippen LogP contribution in [0.5, 0.6) is 0 Å². The van der Waals surface area contributed by atoms with Gasteiger partial charge in [0.25, 0.3) is 5.91 Å². The average molecular weight is 437 g/mol. The number of hydrogen-bond acceptors (Lipinski definition) is 4. The highest BCUT2D eigenvalue weighted by atomic mass is 16.5. The Morgan fingerprint density at radius 2 is 1.66 bits per heavy atom. The van der Waals surface area contributed by atoms with Gasteiger partial charge in [-0.25, -0.2) is 4.98 Å². The molecular weight excluding hydrogens is 404 g/mol. The van der Waals surface area contributed by atoms with Crippen LogP contribution in [0.25, 0.3) is 0 Å². The Hall–Kier alpha value is -2.67. The number of nitrogens with zero attached hydrogens (tertiary/aromatic N) is 4. The number of ether oxygens (including phenoxy) is 1. The number of hydrogen-bond donors (Lipinski definition) is 0. The number of imidazole rings is 1. The molecule has 32 heavy (non-hydrogen) atoms. The molecule has 0 spiro atoms. The van der Waals surface area contributed by atoms with E-state index in [0.29, 0.717) is 37.9 Å². The van der Waals surface area contributed by atoms with E-state index in [9.17, 15) is 9.59 Å². The van der Waals surface area contributed by atoms with Crippen molar-refractivity contribution in [3.63, 3.8) is 0 Å². The van der Waals surface area contributed by atoms with Crippen molar-refractivity contribution in [2.75, 3.05) is 26.2 Å². The Morgan fingerprint density at radius 1 is 0.969 bits per heavy atom. The zero-order valence-electron chi connectivity index (χ0n) is 18.8. The summed E-state index contributed by atoms with van der Waals surface area (Å²) in [7, 11) is 0. The summed E-state index contributed by atoms with van der Waals surface area (Å²) >= 11 is 0. The van der Waals surface area contributed by atoms with E-state index >= 15 is 0 Å². The largest absolute Gasteiger partial charge is 0.365 e. The van der Waals surface area contributed by atoms with Gasteiger partial charge in [-0.2, -0.15) is 0 Å². The first-order valence-corrected chi connectivity index (χ1v) is 11.9. The summed E-state index contributed by atoms with van der Waals surface area (Å²) in [6.07, 6.45) is 5.40. The molecule has 4 heterocycles. The smallest absolute Gasteiger partial charge is 0.274 e. The van der Waals surface area contributed by atoms with Gasteiger partial charge in [-0.1, -0.05) is 37.3 Å². The van der Waals surface area contributed by atoms with Crippen LogP contribution in [0.2, 0.25) is 0 Å². The lowest BCUT2D eigenvalue weighted by molar-refractivity contribution is -0.138. The maximum Gasteiger partial charge on any atom is 0.274 e. The minimum Gasteiger partial charge on any atom is -0.365 e. The molecule has 7 nitrogen and oxygen atoms in total. The fourth-order valence-electron chi connectivity index (χ4n) is 5.14. The molecule has 0 N–H and O–H groups in total. The molecule has 0 aliphatic carbocycles. The van der Waals surface area contributed by atoms with Gasteiger partial charge < -0.3 is 19.1 Å². The van der Waals surface area contributed by atoms with Crippen molar-refractivity contribution < 1.29 is 14.3 Å². The van der Waals surface area contributed by atoms with Crippen molar-refractivity contribution in [3.8, 4) is 0 Å². The second kappa shape index (κ2) is 9.06. The number of piperidine rings is 2. The van der Waals surface area contributed by atoms with E-state index in [0.717, 1.165) is 50.0 Å². The van der Waals surface area contributed by atoms with Crippen LogP contribution >= 0.6 is 0 Å². The second-order valence-electron chi connectivity index (χ2n) is 9.48. The number of likely N-dealkylation sites (tertiary alicyclic amines) is 2. The first-order valence-electron chi connectivity index (χ1n) is 11.9. The monoisotopic (exact) mass is 436 g/mol. The summed E-state index contributed by atoms with van der Waals surface area (Å²) in [5.41, 5.74) is 2.48. The van der Waals surface area contributed by atoms with Crippen LogP contribution in [0.15, 0.2) is 36.7 Å². The predicted molar refractivity (Wildman–Crippen MR) is 120 cm³/mol. The molecule has 0 bridgehead atoms. The van der Waals surface area contributed by atoms with E-state index in [1.165, 1.54) is 0 Å². The lowest BCUT2D eigenvalue weighted by Crippen LogP contribution is -2.46. The predicted octanol–water partition coefficient (Wildman–Crippen LogP) is 3.27. The second-order valence-corrected chi connectivity index (χ2v) is 9.48. The third kappa shape index (κ3) is 4.18. The van der Waals surface area contributed by atoms with Crippen molar-refractivity contribution in [2.45, 2.75) is 51.9 Å². The van der Waals surface area contributed by atoms with Crippen LogP contribution in [0, 0.1) is 11.8 Å². The van der Waals surface area contributed by atoms with Gasteiger partial charge in [0.1, 0.15) is 6.10 Å². The van der Waals surface area contributed by atoms with E-state index in [-0.39, 0.29) is 23.8 Å². The van der Waals surface area contributed by atoms with E-state index in [1.54, 1.807) is 6.33 Å². The van der Waals surface area contributed by atoms with Gasteiger partial charge in [0.2, 0.25) is 5.91 Å². The molecule has 0 saturated carbocycles. The molecule has 0 radical (unpaired) electrons. The summed E-state index contributed by atoms with van der Waals surface area (Å²) in [4.78, 5) is 34.4. The van der Waals surface area contributed by atoms with Crippen molar-refractivity contribution in [1.29, 1.82) is 0 Å². The highest BCUT2D eigenvalue weighted by molar-refractivity contribution is 5.93. The fourth-order valence-corrected chi connectivity index (χ4v) is 5.14. The standard InChI is InChI=1S/C25H32N4O3/c1-18-7-11-27(12-8-18)24(30)20-9-13-28(14-10-20)25(31)23-21-16-32-22(15-29(21)17-26-23)19-5-3-2-4-6-19/h2-6,17-18,20,22H,7-16H2,1H3. The average Bonchev–Trinajstić information content (AvgIpc) is 3.27. The highest BCUT2D eigenvalue weighted by Crippen LogP contribution is 2.29. The van der Waals surface area contributed by atoms with Crippen molar-refractivity contribution in [1.82, 2.24) is 19.4 Å². The molecule has 1 atom stereocenters. The van der Waals surface area contributed by atoms with Crippen LogP contribution in [0.3, 0.4) is 0 Å². The van der Waals surface area contributed by atoms with Gasteiger partial charge >= 0.3 is 0 Å². The quantitative estimate of drug-likeness (QED) is 0.741. The first-order chi connectivity index (χ1) is 15.6. The molecule has 3 aliphatic heterocycles. The fraction of sp³-hybridized carbons (Fsp3) is 0.560. The van der Waals surface area contributed by atoms with Gasteiger partial charge in [-0.05, 0) is 37.2 Å². The summed E-state index contributed by atoms with van der Waals surface area (Å²) in [6, 6.07) is 10.1. The third-order valence-electron chi connectivity index (χ3n) is 7.33. The normalized spacial score (nSPS) is 22.6. The van der Waals surface area contributed by atoms with Crippen molar-refractivity contribution in [3.05, 3.63) is 53.6 Å². The number of rotatable bonds is 3. The number of carbonyl (C=O) groups excluding carboxylic acids is 2. The molecule has 170 valence electrons. The molecule has 2 saturated heterocycles. The molecule has 1 aromatic heterocycles. The van der Waals surface area contributed by atoms with Crippen LogP contribution in [-0.2, 0) is 22.7 Å². The molecular formula is C25H32N4O3. The SMILES string of the molecule is CC1CCN(C(=O)C2CCN(C(=O)c3ncn4c3COC(c3ccccc3)C4)CC2)CC1. The first kappa shape index (κ1) is 21.2. The number of benzene rings is 1. The van der Waals surface area contributed by atoms with Gasteiger partial charge in [0.15, 0.2) is 5.69 Å². The van der Waals surface area contributed by atoms with Gasteiger partial charge in [0, 0.05) is 32.1 Å². The van der Waals surface area contributed by atoms with E-state index in [2.05, 4.69) is 24.0 Å². The van der Waals surface area contributed by atoms with E-state index in [1.807, 2.05) is 32.6 Å². The number of fused-ring (bicyclic) bond motifs is 1. The maximum atomic E-state index is 13.2. The number of amides is 2. The van der Waals surface area contributed by atoms with Gasteiger partial charge in [0.05, 0.1) is 25.2 Å². The van der Waals surface area contributed by atoms with E-state index in [4.69, 9.17) is 4.74 Å². The van der Waals surface area contributed by atoms with Crippen LogP contribution < -0.4 is 0 Å². The lowest BCUT2D eigenvalue weighted by atomic mass is 9.92. The molecule has 1 unspecified atom stereocenters. The molecule has 1 aromatic carbocycles. The minimum absolute atomic E-state index is 0.0274. The Balaban J connectivity index is 1.19. The molecule has 5 rings (SSSR count). The number of aromatic nitrogens is 2. The molecule has 2 amide bonds. The van der Waals surface area contributed by atoms with Gasteiger partial charge in [-0.3, -0.25) is 9.59 Å². The van der Waals surface area contributed by atoms with Crippen molar-refractivity contribution in [2.24, 2.45) is 11.8 Å². The van der Waals surface area contributed by atoms with Gasteiger partial charge in [-0.15, -0.1) is 0 Å². The molecule has 7 heteroatoms. The van der Waals surface area contributed by atoms with Crippen LogP contribution in [-0.4, -0.2) is 57.3 Å². The summed E-state index contributed by atoms with van der Waals surface area (Å²) in [6.45, 7) is 6.27. The van der Waals surface area contributed by atoms with Crippen LogP contribution in [0.1, 0.15) is 60.5 Å². The van der Waals surface area contributed by atoms with E-state index < -0.39 is 0 Å². The topological polar surface area (TPSA) is 67.7 Å². The Labute approximate surface area is 189 Å². The highest BCUT2D eigenvalue weighted by Gasteiger charge is 2.34. The third-order valence-corrected chi connectivity index (χ3v) is 7.33. The Kier molecular flexibility index (Phi) is 6.00. The molecule has 2 aromatic rings. The molecule has 3 aliphatic rings. The number of carbonyl (C=O) groups is 2. The summed E-state index contributed by atoms with van der Waals surface area (Å²) in [5.74, 6) is 0.992. The minimum atomic E-state index is -0.0433. The lowest BCUT2D eigenvalue weighted by Gasteiger charge is -2.36. The maximum absolute atomic E-state index is 13.2. The summed E-state index contributed by atoms with van der Waals surface area (Å²) in [5, 5.41) is 0. The van der Waals surface area contributed by atoms with Crippen molar-refractivity contribution >= 4 is 11.8 Å². The zero-order chi connectivity index (χ0) is 22.1. The Bertz CT molecular complexity index is 957. The zero-order valence-corrected chi connectivity index (χ0v) is 18.8. The Morgan fingerprint density at radius 3 is 2.38 bits per heavy atom. The molecule has 2 fully saturated rings. The van der Waals surface area contributed by atoms with Crippen LogP contribution in [0.4, 0.5) is 0 Å².